The minimum atomic E-state index is 0.870. The number of hydrogen-bond acceptors (Lipinski definition) is 1. The van der Waals surface area contributed by atoms with Gasteiger partial charge in [0.15, 0.2) is 0 Å². The van der Waals surface area contributed by atoms with Crippen LogP contribution in [0.5, 0.6) is 5.75 Å². The zero-order valence-electron chi connectivity index (χ0n) is 14.7. The molecule has 0 bridgehead atoms. The SMILES string of the molecule is COc1ccc(-c2cc(-c3ccccc3)ccc2-c2ccccc2)cc1. The van der Waals surface area contributed by atoms with Crippen molar-refractivity contribution in [2.45, 2.75) is 0 Å². The lowest BCUT2D eigenvalue weighted by Crippen LogP contribution is -1.88. The van der Waals surface area contributed by atoms with Crippen molar-refractivity contribution < 1.29 is 4.74 Å². The molecular weight excluding hydrogens is 316 g/mol. The van der Waals surface area contributed by atoms with E-state index in [-0.39, 0.29) is 0 Å². The molecule has 1 nitrogen and oxygen atoms in total. The summed E-state index contributed by atoms with van der Waals surface area (Å²) in [4.78, 5) is 0. The third-order valence-electron chi connectivity index (χ3n) is 4.61. The highest BCUT2D eigenvalue weighted by Crippen LogP contribution is 2.36. The van der Waals surface area contributed by atoms with Crippen LogP contribution in [0, 0.1) is 0 Å². The normalized spacial score (nSPS) is 10.5. The van der Waals surface area contributed by atoms with Gasteiger partial charge in [0.2, 0.25) is 0 Å². The Bertz CT molecular complexity index is 987. The van der Waals surface area contributed by atoms with Crippen LogP contribution in [-0.4, -0.2) is 7.11 Å². The Labute approximate surface area is 154 Å². The summed E-state index contributed by atoms with van der Waals surface area (Å²) in [5, 5.41) is 0. The molecule has 4 aromatic carbocycles. The summed E-state index contributed by atoms with van der Waals surface area (Å²) in [6, 6.07) is 36.0. The molecule has 0 atom stereocenters. The van der Waals surface area contributed by atoms with Gasteiger partial charge in [-0.1, -0.05) is 84.9 Å². The molecule has 126 valence electrons. The van der Waals surface area contributed by atoms with Gasteiger partial charge in [-0.2, -0.15) is 0 Å². The lowest BCUT2D eigenvalue weighted by atomic mass is 9.91. The molecule has 4 aromatic rings. The molecular formula is C25H20O. The summed E-state index contributed by atoms with van der Waals surface area (Å²) in [7, 11) is 1.69. The first kappa shape index (κ1) is 16.2. The molecule has 0 spiro atoms. The van der Waals surface area contributed by atoms with Crippen LogP contribution in [0.1, 0.15) is 0 Å². The Kier molecular flexibility index (Phi) is 4.53. The van der Waals surface area contributed by atoms with Crippen molar-refractivity contribution in [3.05, 3.63) is 103 Å². The first-order chi connectivity index (χ1) is 12.8. The minimum absolute atomic E-state index is 0.870. The van der Waals surface area contributed by atoms with E-state index in [1.54, 1.807) is 7.11 Å². The van der Waals surface area contributed by atoms with Gasteiger partial charge < -0.3 is 4.74 Å². The summed E-state index contributed by atoms with van der Waals surface area (Å²) < 4.78 is 5.31. The standard InChI is InChI=1S/C25H20O/c1-26-23-15-12-21(13-16-23)25-18-22(19-8-4-2-5-9-19)14-17-24(25)20-10-6-3-7-11-20/h2-18H,1H3. The Morgan fingerprint density at radius 2 is 1.00 bits per heavy atom. The average Bonchev–Trinajstić information content (AvgIpc) is 2.75. The molecule has 0 saturated carbocycles. The number of hydrogen-bond donors (Lipinski definition) is 0. The second kappa shape index (κ2) is 7.28. The monoisotopic (exact) mass is 336 g/mol. The minimum Gasteiger partial charge on any atom is -0.497 e. The smallest absolute Gasteiger partial charge is 0.118 e. The van der Waals surface area contributed by atoms with Gasteiger partial charge in [0.1, 0.15) is 5.75 Å². The van der Waals surface area contributed by atoms with E-state index in [2.05, 4.69) is 84.9 Å². The molecule has 1 heteroatoms. The molecule has 0 heterocycles. The van der Waals surface area contributed by atoms with E-state index in [1.165, 1.54) is 33.4 Å². The zero-order valence-corrected chi connectivity index (χ0v) is 14.7. The Morgan fingerprint density at radius 1 is 0.462 bits per heavy atom. The quantitative estimate of drug-likeness (QED) is 0.403. The largest absolute Gasteiger partial charge is 0.497 e. The van der Waals surface area contributed by atoms with Crippen LogP contribution in [0.2, 0.25) is 0 Å². The van der Waals surface area contributed by atoms with Gasteiger partial charge in [-0.25, -0.2) is 0 Å². The maximum Gasteiger partial charge on any atom is 0.118 e. The van der Waals surface area contributed by atoms with Gasteiger partial charge in [-0.05, 0) is 51.6 Å². The van der Waals surface area contributed by atoms with Gasteiger partial charge in [-0.15, -0.1) is 0 Å². The average molecular weight is 336 g/mol. The summed E-state index contributed by atoms with van der Waals surface area (Å²) in [6.07, 6.45) is 0. The van der Waals surface area contributed by atoms with Crippen molar-refractivity contribution in [1.82, 2.24) is 0 Å². The van der Waals surface area contributed by atoms with Crippen molar-refractivity contribution in [2.75, 3.05) is 7.11 Å². The van der Waals surface area contributed by atoms with Gasteiger partial charge >= 0.3 is 0 Å². The number of rotatable bonds is 4. The molecule has 4 rings (SSSR count). The van der Waals surface area contributed by atoms with Crippen LogP contribution >= 0.6 is 0 Å². The fourth-order valence-corrected chi connectivity index (χ4v) is 3.23. The van der Waals surface area contributed by atoms with Crippen molar-refractivity contribution in [1.29, 1.82) is 0 Å². The molecule has 0 aliphatic rings. The Balaban J connectivity index is 1.89. The van der Waals surface area contributed by atoms with Crippen molar-refractivity contribution in [3.63, 3.8) is 0 Å². The molecule has 0 amide bonds. The summed E-state index contributed by atoms with van der Waals surface area (Å²) >= 11 is 0. The van der Waals surface area contributed by atoms with E-state index in [0.29, 0.717) is 0 Å². The highest BCUT2D eigenvalue weighted by atomic mass is 16.5. The second-order valence-corrected chi connectivity index (χ2v) is 6.22. The molecule has 0 aliphatic carbocycles. The van der Waals surface area contributed by atoms with Crippen LogP contribution in [0.3, 0.4) is 0 Å². The molecule has 0 saturated heterocycles. The molecule has 0 aromatic heterocycles. The van der Waals surface area contributed by atoms with Gasteiger partial charge in [0.25, 0.3) is 0 Å². The summed E-state index contributed by atoms with van der Waals surface area (Å²) in [6.45, 7) is 0. The van der Waals surface area contributed by atoms with Crippen molar-refractivity contribution >= 4 is 0 Å². The zero-order chi connectivity index (χ0) is 17.8. The van der Waals surface area contributed by atoms with E-state index >= 15 is 0 Å². The number of methoxy groups -OCH3 is 1. The summed E-state index contributed by atoms with van der Waals surface area (Å²) in [5.74, 6) is 0.870. The number of ether oxygens (including phenoxy) is 1. The van der Waals surface area contributed by atoms with E-state index in [9.17, 15) is 0 Å². The van der Waals surface area contributed by atoms with Crippen LogP contribution in [0.4, 0.5) is 0 Å². The Hall–Kier alpha value is -3.32. The first-order valence-corrected chi connectivity index (χ1v) is 8.74. The lowest BCUT2D eigenvalue weighted by Gasteiger charge is -2.13. The molecule has 0 unspecified atom stereocenters. The van der Waals surface area contributed by atoms with Crippen LogP contribution in [0.25, 0.3) is 33.4 Å². The summed E-state index contributed by atoms with van der Waals surface area (Å²) in [5.41, 5.74) is 7.30. The van der Waals surface area contributed by atoms with Crippen LogP contribution < -0.4 is 4.74 Å². The maximum absolute atomic E-state index is 5.31. The van der Waals surface area contributed by atoms with E-state index in [1.807, 2.05) is 18.2 Å². The van der Waals surface area contributed by atoms with E-state index < -0.39 is 0 Å². The predicted molar refractivity (Wildman–Crippen MR) is 109 cm³/mol. The van der Waals surface area contributed by atoms with Gasteiger partial charge in [-0.3, -0.25) is 0 Å². The maximum atomic E-state index is 5.31. The van der Waals surface area contributed by atoms with Crippen molar-refractivity contribution in [3.8, 4) is 39.1 Å². The topological polar surface area (TPSA) is 9.23 Å². The number of benzene rings is 4. The van der Waals surface area contributed by atoms with E-state index in [0.717, 1.165) is 5.75 Å². The highest BCUT2D eigenvalue weighted by Gasteiger charge is 2.10. The van der Waals surface area contributed by atoms with Crippen LogP contribution in [0.15, 0.2) is 103 Å². The van der Waals surface area contributed by atoms with Crippen molar-refractivity contribution in [2.24, 2.45) is 0 Å². The molecule has 26 heavy (non-hydrogen) atoms. The molecule has 0 fully saturated rings. The fraction of sp³-hybridized carbons (Fsp3) is 0.0400. The fourth-order valence-electron chi connectivity index (χ4n) is 3.23. The third-order valence-corrected chi connectivity index (χ3v) is 4.61. The molecule has 0 radical (unpaired) electrons. The first-order valence-electron chi connectivity index (χ1n) is 8.74. The third kappa shape index (κ3) is 3.25. The van der Waals surface area contributed by atoms with Gasteiger partial charge in [0.05, 0.1) is 7.11 Å². The second-order valence-electron chi connectivity index (χ2n) is 6.22. The Morgan fingerprint density at radius 3 is 1.62 bits per heavy atom. The molecule has 0 N–H and O–H groups in total. The van der Waals surface area contributed by atoms with Gasteiger partial charge in [0, 0.05) is 0 Å². The highest BCUT2D eigenvalue weighted by molar-refractivity contribution is 5.87. The lowest BCUT2D eigenvalue weighted by molar-refractivity contribution is 0.415. The van der Waals surface area contributed by atoms with Crippen LogP contribution in [-0.2, 0) is 0 Å². The molecule has 0 aliphatic heterocycles. The predicted octanol–water partition coefficient (Wildman–Crippen LogP) is 6.70. The van der Waals surface area contributed by atoms with E-state index in [4.69, 9.17) is 4.74 Å².